The molecule has 0 spiro atoms. The summed E-state index contributed by atoms with van der Waals surface area (Å²) in [5, 5.41) is 17.6. The normalized spacial score (nSPS) is 20.2. The second-order valence-corrected chi connectivity index (χ2v) is 7.98. The maximum Gasteiger partial charge on any atom is 0.341 e. The summed E-state index contributed by atoms with van der Waals surface area (Å²) in [7, 11) is 0. The zero-order valence-corrected chi connectivity index (χ0v) is 15.6. The Bertz CT molecular complexity index is 1060. The molecule has 2 aromatic rings. The minimum atomic E-state index is -1.10. The summed E-state index contributed by atoms with van der Waals surface area (Å²) >= 11 is 0. The number of allylic oxidation sites excluding steroid dienone is 2. The highest BCUT2D eigenvalue weighted by atomic mass is 16.5. The van der Waals surface area contributed by atoms with Gasteiger partial charge in [0.15, 0.2) is 12.4 Å². The van der Waals surface area contributed by atoms with Crippen molar-refractivity contribution in [2.45, 2.75) is 32.6 Å². The van der Waals surface area contributed by atoms with Crippen LogP contribution in [0, 0.1) is 5.41 Å². The number of aromatic amines is 2. The number of fused-ring (bicyclic) bond motifs is 1. The van der Waals surface area contributed by atoms with Gasteiger partial charge in [0.2, 0.25) is 0 Å². The summed E-state index contributed by atoms with van der Waals surface area (Å²) in [6.07, 6.45) is 1.04. The van der Waals surface area contributed by atoms with E-state index in [0.717, 1.165) is 5.70 Å². The molecule has 8 heteroatoms. The van der Waals surface area contributed by atoms with Crippen molar-refractivity contribution in [3.8, 4) is 5.75 Å². The van der Waals surface area contributed by atoms with Gasteiger partial charge in [-0.25, -0.2) is 4.79 Å². The van der Waals surface area contributed by atoms with E-state index in [0.29, 0.717) is 41.1 Å². The van der Waals surface area contributed by atoms with E-state index >= 15 is 0 Å². The maximum absolute atomic E-state index is 13.1. The first kappa shape index (κ1) is 18.1. The van der Waals surface area contributed by atoms with Crippen molar-refractivity contribution in [3.63, 3.8) is 0 Å². The van der Waals surface area contributed by atoms with E-state index in [2.05, 4.69) is 15.5 Å². The van der Waals surface area contributed by atoms with Gasteiger partial charge in [0.25, 0.3) is 5.56 Å². The average molecular weight is 383 g/mol. The van der Waals surface area contributed by atoms with Crippen LogP contribution in [0.3, 0.4) is 0 Å². The number of para-hydroxylation sites is 1. The largest absolute Gasteiger partial charge is 0.482 e. The van der Waals surface area contributed by atoms with Crippen molar-refractivity contribution in [3.05, 3.63) is 57.0 Å². The third-order valence-electron chi connectivity index (χ3n) is 5.17. The smallest absolute Gasteiger partial charge is 0.341 e. The summed E-state index contributed by atoms with van der Waals surface area (Å²) in [6.45, 7) is 3.56. The second-order valence-electron chi connectivity index (χ2n) is 7.98. The molecular formula is C20H21N3O5. The first-order valence-electron chi connectivity index (χ1n) is 9.04. The molecule has 0 saturated heterocycles. The molecule has 0 radical (unpaired) electrons. The number of aliphatic carboxylic acids is 1. The van der Waals surface area contributed by atoms with Gasteiger partial charge in [-0.3, -0.25) is 19.8 Å². The van der Waals surface area contributed by atoms with Gasteiger partial charge in [-0.1, -0.05) is 32.0 Å². The molecule has 0 saturated carbocycles. The molecule has 0 fully saturated rings. The third kappa shape index (κ3) is 3.00. The molecule has 1 unspecified atom stereocenters. The van der Waals surface area contributed by atoms with Gasteiger partial charge < -0.3 is 15.2 Å². The van der Waals surface area contributed by atoms with Crippen LogP contribution >= 0.6 is 0 Å². The highest BCUT2D eigenvalue weighted by molar-refractivity contribution is 6.01. The number of carbonyl (C=O) groups excluding carboxylic acids is 1. The fourth-order valence-corrected chi connectivity index (χ4v) is 4.12. The number of benzene rings is 1. The molecule has 0 amide bonds. The highest BCUT2D eigenvalue weighted by Crippen LogP contribution is 2.49. The number of carboxylic acids is 1. The molecule has 2 heterocycles. The third-order valence-corrected chi connectivity index (χ3v) is 5.17. The van der Waals surface area contributed by atoms with Gasteiger partial charge in [-0.2, -0.15) is 0 Å². The number of Topliss-reactive ketones (excluding diaryl/α,β-unsaturated/α-hetero) is 1. The van der Waals surface area contributed by atoms with Gasteiger partial charge in [-0.05, 0) is 17.9 Å². The highest BCUT2D eigenvalue weighted by Gasteiger charge is 2.43. The van der Waals surface area contributed by atoms with Crippen LogP contribution in [0.5, 0.6) is 5.75 Å². The van der Waals surface area contributed by atoms with Crippen LogP contribution in [-0.4, -0.2) is 33.7 Å². The Morgan fingerprint density at radius 1 is 1.21 bits per heavy atom. The Kier molecular flexibility index (Phi) is 4.14. The van der Waals surface area contributed by atoms with Crippen molar-refractivity contribution in [1.82, 2.24) is 10.2 Å². The summed E-state index contributed by atoms with van der Waals surface area (Å²) in [6, 6.07) is 6.92. The van der Waals surface area contributed by atoms with Crippen molar-refractivity contribution in [1.29, 1.82) is 0 Å². The molecule has 146 valence electrons. The minimum Gasteiger partial charge on any atom is -0.482 e. The molecule has 4 N–H and O–H groups in total. The van der Waals surface area contributed by atoms with E-state index in [1.54, 1.807) is 24.3 Å². The van der Waals surface area contributed by atoms with Gasteiger partial charge >= 0.3 is 5.97 Å². The molecule has 1 atom stereocenters. The molecule has 0 bridgehead atoms. The first-order chi connectivity index (χ1) is 13.3. The number of carbonyl (C=O) groups is 2. The monoisotopic (exact) mass is 383 g/mol. The van der Waals surface area contributed by atoms with Gasteiger partial charge in [0, 0.05) is 23.3 Å². The summed E-state index contributed by atoms with van der Waals surface area (Å²) in [4.78, 5) is 36.6. The van der Waals surface area contributed by atoms with Gasteiger partial charge in [-0.15, -0.1) is 0 Å². The minimum absolute atomic E-state index is 0.0250. The topological polar surface area (TPSA) is 124 Å². The Morgan fingerprint density at radius 3 is 2.71 bits per heavy atom. The molecule has 8 nitrogen and oxygen atoms in total. The van der Waals surface area contributed by atoms with Crippen LogP contribution in [-0.2, 0) is 9.59 Å². The fraction of sp³-hybridized carbons (Fsp3) is 0.350. The van der Waals surface area contributed by atoms with Crippen LogP contribution in [0.25, 0.3) is 0 Å². The summed E-state index contributed by atoms with van der Waals surface area (Å²) < 4.78 is 5.46. The standard InChI is InChI=1S/C20H21N3O5/c1-20(2)7-11-16(12(24)8-20)15(17-18(21-11)22-23-19(17)27)10-5-3-4-6-13(10)28-9-14(25)26/h3-6,15H,7-9H2,1-2H3,(H,25,26)(H3,21,22,23,27). The van der Waals surface area contributed by atoms with Gasteiger partial charge in [0.05, 0.1) is 11.5 Å². The SMILES string of the molecule is CC1(C)CC(=O)C2=C(C1)Nc1[nH][nH]c(=O)c1C2c1ccccc1OCC(=O)O. The predicted molar refractivity (Wildman–Crippen MR) is 101 cm³/mol. The number of carboxylic acid groups (broad SMARTS) is 1. The van der Waals surface area contributed by atoms with Gasteiger partial charge in [0.1, 0.15) is 11.6 Å². The van der Waals surface area contributed by atoms with E-state index in [4.69, 9.17) is 9.84 Å². The zero-order chi connectivity index (χ0) is 20.1. The predicted octanol–water partition coefficient (Wildman–Crippen LogP) is 2.37. The summed E-state index contributed by atoms with van der Waals surface area (Å²) in [5.74, 6) is -0.895. The summed E-state index contributed by atoms with van der Waals surface area (Å²) in [5.41, 5.74) is 1.80. The number of ketones is 1. The molecule has 4 rings (SSSR count). The van der Waals surface area contributed by atoms with E-state index in [9.17, 15) is 14.4 Å². The van der Waals surface area contributed by atoms with E-state index in [1.165, 1.54) is 0 Å². The quantitative estimate of drug-likeness (QED) is 0.642. The van der Waals surface area contributed by atoms with Crippen molar-refractivity contribution in [2.75, 3.05) is 11.9 Å². The molecule has 1 aliphatic heterocycles. The lowest BCUT2D eigenvalue weighted by Crippen LogP contribution is -2.35. The van der Waals surface area contributed by atoms with Crippen LogP contribution < -0.4 is 15.6 Å². The van der Waals surface area contributed by atoms with Crippen molar-refractivity contribution in [2.24, 2.45) is 5.41 Å². The number of aromatic nitrogens is 2. The molecule has 1 aliphatic carbocycles. The number of nitrogens with one attached hydrogen (secondary N) is 3. The zero-order valence-electron chi connectivity index (χ0n) is 15.6. The van der Waals surface area contributed by atoms with E-state index in [-0.39, 0.29) is 16.8 Å². The Labute approximate surface area is 160 Å². The second kappa shape index (κ2) is 6.40. The molecule has 2 aliphatic rings. The lowest BCUT2D eigenvalue weighted by Gasteiger charge is -2.38. The average Bonchev–Trinajstić information content (AvgIpc) is 2.98. The van der Waals surface area contributed by atoms with Crippen LogP contribution in [0.4, 0.5) is 5.82 Å². The molecule has 28 heavy (non-hydrogen) atoms. The number of ether oxygens (including phenoxy) is 1. The van der Waals surface area contributed by atoms with Crippen molar-refractivity contribution >= 4 is 17.6 Å². The first-order valence-corrected chi connectivity index (χ1v) is 9.04. The fourth-order valence-electron chi connectivity index (χ4n) is 4.12. The number of H-pyrrole nitrogens is 2. The number of hydrogen-bond acceptors (Lipinski definition) is 5. The molecular weight excluding hydrogens is 362 g/mol. The molecule has 1 aromatic heterocycles. The van der Waals surface area contributed by atoms with Crippen LogP contribution in [0.1, 0.15) is 43.7 Å². The number of rotatable bonds is 4. The van der Waals surface area contributed by atoms with Crippen LogP contribution in [0.2, 0.25) is 0 Å². The maximum atomic E-state index is 13.1. The Hall–Kier alpha value is -3.29. The van der Waals surface area contributed by atoms with Crippen LogP contribution in [0.15, 0.2) is 40.3 Å². The molecule has 1 aromatic carbocycles. The number of anilines is 1. The van der Waals surface area contributed by atoms with E-state index in [1.807, 2.05) is 13.8 Å². The number of hydrogen-bond donors (Lipinski definition) is 4. The van der Waals surface area contributed by atoms with E-state index < -0.39 is 18.5 Å². The Balaban J connectivity index is 1.90. The lowest BCUT2D eigenvalue weighted by atomic mass is 9.69. The lowest BCUT2D eigenvalue weighted by molar-refractivity contribution is -0.139. The van der Waals surface area contributed by atoms with Crippen molar-refractivity contribution < 1.29 is 19.4 Å². The Morgan fingerprint density at radius 2 is 1.96 bits per heavy atom.